The average Bonchev–Trinajstić information content (AvgIpc) is 2.78. The second-order valence-corrected chi connectivity index (χ2v) is 6.74. The van der Waals surface area contributed by atoms with Crippen LogP contribution in [0.5, 0.6) is 0 Å². The molecule has 128 valence electrons. The number of rotatable bonds is 2. The molecule has 0 fully saturated rings. The van der Waals surface area contributed by atoms with Gasteiger partial charge in [-0.3, -0.25) is 0 Å². The van der Waals surface area contributed by atoms with Crippen molar-refractivity contribution < 1.29 is 4.39 Å². The van der Waals surface area contributed by atoms with E-state index in [1.54, 1.807) is 6.07 Å². The van der Waals surface area contributed by atoms with Crippen LogP contribution in [0.15, 0.2) is 42.5 Å². The van der Waals surface area contributed by atoms with Crippen LogP contribution in [0.1, 0.15) is 29.5 Å². The first kappa shape index (κ1) is 15.9. The van der Waals surface area contributed by atoms with Crippen LogP contribution in [0.3, 0.4) is 0 Å². The molecule has 0 spiro atoms. The number of hydrogen-bond acceptors (Lipinski definition) is 2. The summed E-state index contributed by atoms with van der Waals surface area (Å²) >= 11 is 0. The summed E-state index contributed by atoms with van der Waals surface area (Å²) < 4.78 is 16.4. The molecule has 1 aliphatic rings. The third kappa shape index (κ3) is 2.82. The van der Waals surface area contributed by atoms with Crippen LogP contribution in [0.2, 0.25) is 0 Å². The van der Waals surface area contributed by atoms with E-state index in [2.05, 4.69) is 37.4 Å². The molecule has 4 heteroatoms. The highest BCUT2D eigenvalue weighted by molar-refractivity contribution is 5.72. The van der Waals surface area contributed by atoms with Crippen molar-refractivity contribution >= 4 is 5.82 Å². The minimum Gasteiger partial charge on any atom is -0.370 e. The fourth-order valence-electron chi connectivity index (χ4n) is 3.59. The van der Waals surface area contributed by atoms with Crippen molar-refractivity contribution in [3.63, 3.8) is 0 Å². The number of benzene rings is 2. The average molecular weight is 335 g/mol. The van der Waals surface area contributed by atoms with Gasteiger partial charge in [0.05, 0.1) is 5.69 Å². The van der Waals surface area contributed by atoms with Crippen LogP contribution in [-0.4, -0.2) is 16.3 Å². The lowest BCUT2D eigenvalue weighted by Gasteiger charge is -2.12. The molecule has 0 amide bonds. The number of aromatic nitrogens is 2. The normalized spacial score (nSPS) is 13.9. The van der Waals surface area contributed by atoms with Gasteiger partial charge in [-0.2, -0.15) is 5.10 Å². The molecule has 25 heavy (non-hydrogen) atoms. The molecule has 3 aromatic rings. The number of fused-ring (bicyclic) bond motifs is 1. The Morgan fingerprint density at radius 2 is 1.92 bits per heavy atom. The third-order valence-electron chi connectivity index (χ3n) is 4.84. The van der Waals surface area contributed by atoms with Crippen molar-refractivity contribution in [2.75, 3.05) is 11.9 Å². The minimum atomic E-state index is -0.222. The zero-order valence-electron chi connectivity index (χ0n) is 14.6. The van der Waals surface area contributed by atoms with E-state index < -0.39 is 0 Å². The fraction of sp³-hybridized carbons (Fsp3) is 0.286. The van der Waals surface area contributed by atoms with Crippen LogP contribution in [-0.2, 0) is 6.42 Å². The van der Waals surface area contributed by atoms with E-state index in [1.165, 1.54) is 11.6 Å². The Morgan fingerprint density at radius 3 is 2.72 bits per heavy atom. The lowest BCUT2D eigenvalue weighted by Crippen LogP contribution is -2.08. The Labute approximate surface area is 147 Å². The molecule has 0 unspecified atom stereocenters. The summed E-state index contributed by atoms with van der Waals surface area (Å²) in [6.07, 6.45) is 3.11. The summed E-state index contributed by atoms with van der Waals surface area (Å²) in [5.41, 5.74) is 5.87. The molecular formula is C21H22FN3. The van der Waals surface area contributed by atoms with Gasteiger partial charge in [-0.05, 0) is 56.9 Å². The molecule has 0 radical (unpaired) electrons. The molecule has 4 rings (SSSR count). The van der Waals surface area contributed by atoms with E-state index in [-0.39, 0.29) is 5.82 Å². The summed E-state index contributed by atoms with van der Waals surface area (Å²) in [7, 11) is 0. The molecular weight excluding hydrogens is 313 g/mol. The second kappa shape index (κ2) is 6.36. The number of nitrogens with zero attached hydrogens (tertiary/aromatic N) is 2. The maximum atomic E-state index is 14.4. The highest BCUT2D eigenvalue weighted by Gasteiger charge is 2.23. The molecule has 0 bridgehead atoms. The van der Waals surface area contributed by atoms with E-state index in [0.29, 0.717) is 5.56 Å². The minimum absolute atomic E-state index is 0.222. The number of hydrogen-bond donors (Lipinski definition) is 1. The van der Waals surface area contributed by atoms with Gasteiger partial charge in [0.1, 0.15) is 17.3 Å². The van der Waals surface area contributed by atoms with E-state index in [0.717, 1.165) is 54.1 Å². The first-order chi connectivity index (χ1) is 12.1. The number of aryl methyl sites for hydroxylation is 2. The van der Waals surface area contributed by atoms with Crippen molar-refractivity contribution in [3.8, 4) is 16.9 Å². The largest absolute Gasteiger partial charge is 0.370 e. The van der Waals surface area contributed by atoms with Gasteiger partial charge < -0.3 is 5.32 Å². The third-order valence-corrected chi connectivity index (χ3v) is 4.84. The molecule has 0 saturated heterocycles. The molecule has 1 N–H and O–H groups in total. The van der Waals surface area contributed by atoms with Gasteiger partial charge in [0, 0.05) is 17.7 Å². The topological polar surface area (TPSA) is 29.9 Å². The predicted molar refractivity (Wildman–Crippen MR) is 99.9 cm³/mol. The Kier molecular flexibility index (Phi) is 4.04. The van der Waals surface area contributed by atoms with Crippen molar-refractivity contribution in [3.05, 3.63) is 65.0 Å². The van der Waals surface area contributed by atoms with Gasteiger partial charge in [0.25, 0.3) is 0 Å². The first-order valence-electron chi connectivity index (χ1n) is 8.83. The van der Waals surface area contributed by atoms with Crippen LogP contribution >= 0.6 is 0 Å². The Hall–Kier alpha value is -2.62. The van der Waals surface area contributed by atoms with E-state index in [9.17, 15) is 4.39 Å². The monoisotopic (exact) mass is 335 g/mol. The summed E-state index contributed by atoms with van der Waals surface area (Å²) in [4.78, 5) is 0. The van der Waals surface area contributed by atoms with Gasteiger partial charge in [-0.25, -0.2) is 9.07 Å². The van der Waals surface area contributed by atoms with Gasteiger partial charge in [0.2, 0.25) is 0 Å². The zero-order valence-corrected chi connectivity index (χ0v) is 14.6. The Bertz CT molecular complexity index is 927. The molecule has 0 saturated carbocycles. The molecule has 0 aliphatic carbocycles. The number of anilines is 1. The molecule has 0 atom stereocenters. The number of halogens is 1. The smallest absolute Gasteiger partial charge is 0.133 e. The molecule has 1 aliphatic heterocycles. The summed E-state index contributed by atoms with van der Waals surface area (Å²) in [5, 5.41) is 8.36. The summed E-state index contributed by atoms with van der Waals surface area (Å²) in [6, 6.07) is 13.2. The maximum Gasteiger partial charge on any atom is 0.133 e. The van der Waals surface area contributed by atoms with Crippen LogP contribution in [0.25, 0.3) is 16.9 Å². The molecule has 1 aromatic heterocycles. The van der Waals surface area contributed by atoms with Gasteiger partial charge in [-0.1, -0.05) is 29.8 Å². The van der Waals surface area contributed by atoms with Crippen molar-refractivity contribution in [2.45, 2.75) is 33.1 Å². The first-order valence-corrected chi connectivity index (χ1v) is 8.83. The maximum absolute atomic E-state index is 14.4. The van der Waals surface area contributed by atoms with Gasteiger partial charge in [0.15, 0.2) is 0 Å². The van der Waals surface area contributed by atoms with Crippen molar-refractivity contribution in [1.29, 1.82) is 0 Å². The second-order valence-electron chi connectivity index (χ2n) is 6.74. The molecule has 2 heterocycles. The van der Waals surface area contributed by atoms with Crippen LogP contribution in [0.4, 0.5) is 10.2 Å². The quantitative estimate of drug-likeness (QED) is 0.711. The van der Waals surface area contributed by atoms with E-state index in [1.807, 2.05) is 16.8 Å². The fourth-order valence-corrected chi connectivity index (χ4v) is 3.59. The number of nitrogens with one attached hydrogen (secondary N) is 1. The van der Waals surface area contributed by atoms with Crippen molar-refractivity contribution in [1.82, 2.24) is 9.78 Å². The highest BCUT2D eigenvalue weighted by atomic mass is 19.1. The SMILES string of the molecule is Cc1ccc(-n2nc(-c3ccccc3F)c3c2NCCCC3)c(C)c1. The summed E-state index contributed by atoms with van der Waals surface area (Å²) in [6.45, 7) is 5.10. The van der Waals surface area contributed by atoms with Gasteiger partial charge >= 0.3 is 0 Å². The van der Waals surface area contributed by atoms with Crippen LogP contribution < -0.4 is 5.32 Å². The predicted octanol–water partition coefficient (Wildman–Crippen LogP) is 5.04. The van der Waals surface area contributed by atoms with Gasteiger partial charge in [-0.15, -0.1) is 0 Å². The molecule has 3 nitrogen and oxygen atoms in total. The zero-order chi connectivity index (χ0) is 17.4. The Morgan fingerprint density at radius 1 is 1.08 bits per heavy atom. The van der Waals surface area contributed by atoms with Crippen LogP contribution in [0, 0.1) is 19.7 Å². The van der Waals surface area contributed by atoms with E-state index >= 15 is 0 Å². The lowest BCUT2D eigenvalue weighted by molar-refractivity contribution is 0.630. The van der Waals surface area contributed by atoms with Crippen molar-refractivity contribution in [2.24, 2.45) is 0 Å². The Balaban J connectivity index is 1.95. The van der Waals surface area contributed by atoms with E-state index in [4.69, 9.17) is 5.10 Å². The summed E-state index contributed by atoms with van der Waals surface area (Å²) in [5.74, 6) is 0.780. The molecule has 2 aromatic carbocycles. The highest BCUT2D eigenvalue weighted by Crippen LogP contribution is 2.35. The lowest BCUT2D eigenvalue weighted by atomic mass is 10.0. The standard InChI is InChI=1S/C21H22FN3/c1-14-10-11-19(15(2)13-14)25-21-17(8-5-6-12-23-21)20(24-25)16-7-3-4-9-18(16)22/h3-4,7,9-11,13,23H,5-6,8,12H2,1-2H3.